The Balaban J connectivity index is 1.93. The van der Waals surface area contributed by atoms with E-state index in [1.54, 1.807) is 0 Å². The Labute approximate surface area is 72.5 Å². The van der Waals surface area contributed by atoms with Crippen LogP contribution in [0.25, 0.3) is 0 Å². The van der Waals surface area contributed by atoms with E-state index >= 15 is 0 Å². The fourth-order valence-corrected chi connectivity index (χ4v) is 2.35. The van der Waals surface area contributed by atoms with Crippen LogP contribution in [0.5, 0.6) is 0 Å². The Bertz CT molecular complexity index is 193. The molecule has 12 heavy (non-hydrogen) atoms. The van der Waals surface area contributed by atoms with E-state index in [2.05, 4.69) is 5.32 Å². The van der Waals surface area contributed by atoms with Gasteiger partial charge in [-0.2, -0.15) is 0 Å². The Kier molecular flexibility index (Phi) is 2.05. The molecule has 1 aliphatic heterocycles. The Morgan fingerprint density at radius 2 is 2.42 bits per heavy atom. The molecule has 0 aromatic heterocycles. The maximum atomic E-state index is 11.4. The second-order valence-electron chi connectivity index (χ2n) is 3.67. The maximum Gasteiger partial charge on any atom is 0.323 e. The predicted octanol–water partition coefficient (Wildman–Crippen LogP) is 0.690. The van der Waals surface area contributed by atoms with Crippen molar-refractivity contribution in [3.63, 3.8) is 0 Å². The quantitative estimate of drug-likeness (QED) is 0.618. The van der Waals surface area contributed by atoms with E-state index in [-0.39, 0.29) is 12.0 Å². The van der Waals surface area contributed by atoms with Crippen molar-refractivity contribution in [2.75, 3.05) is 6.61 Å². The maximum absolute atomic E-state index is 11.4. The summed E-state index contributed by atoms with van der Waals surface area (Å²) in [7, 11) is 0. The lowest BCUT2D eigenvalue weighted by Crippen LogP contribution is -2.42. The molecule has 1 N–H and O–H groups in total. The first kappa shape index (κ1) is 8.05. The number of rotatable bonds is 2. The summed E-state index contributed by atoms with van der Waals surface area (Å²) < 4.78 is 4.98. The van der Waals surface area contributed by atoms with E-state index in [1.807, 2.05) is 6.92 Å². The summed E-state index contributed by atoms with van der Waals surface area (Å²) in [5.74, 6) is 0.499. The van der Waals surface area contributed by atoms with Gasteiger partial charge in [0.05, 0.1) is 6.61 Å². The van der Waals surface area contributed by atoms with E-state index < -0.39 is 0 Å². The van der Waals surface area contributed by atoms with Gasteiger partial charge >= 0.3 is 5.97 Å². The summed E-state index contributed by atoms with van der Waals surface area (Å²) in [5.41, 5.74) is 0. The Hall–Kier alpha value is -0.570. The van der Waals surface area contributed by atoms with Crippen LogP contribution in [0.4, 0.5) is 0 Å². The number of esters is 1. The van der Waals surface area contributed by atoms with Crippen molar-refractivity contribution in [2.24, 2.45) is 5.92 Å². The van der Waals surface area contributed by atoms with Gasteiger partial charge in [0.25, 0.3) is 0 Å². The number of piperidine rings is 1. The molecule has 0 amide bonds. The first-order valence-corrected chi connectivity index (χ1v) is 4.74. The normalized spacial score (nSPS) is 38.6. The molecule has 3 atom stereocenters. The van der Waals surface area contributed by atoms with Gasteiger partial charge in [0.15, 0.2) is 0 Å². The van der Waals surface area contributed by atoms with E-state index in [9.17, 15) is 4.79 Å². The van der Waals surface area contributed by atoms with E-state index in [0.717, 1.165) is 0 Å². The number of hydrogen-bond acceptors (Lipinski definition) is 3. The second kappa shape index (κ2) is 3.05. The van der Waals surface area contributed by atoms with Crippen LogP contribution < -0.4 is 5.32 Å². The molecule has 1 saturated carbocycles. The first-order chi connectivity index (χ1) is 5.81. The van der Waals surface area contributed by atoms with Gasteiger partial charge in [0.1, 0.15) is 6.04 Å². The molecule has 2 rings (SSSR count). The third kappa shape index (κ3) is 1.22. The zero-order chi connectivity index (χ0) is 8.55. The largest absolute Gasteiger partial charge is 0.465 e. The Morgan fingerprint density at radius 1 is 1.58 bits per heavy atom. The molecule has 2 unspecified atom stereocenters. The molecular weight excluding hydrogens is 154 g/mol. The molecule has 0 spiro atoms. The van der Waals surface area contributed by atoms with Crippen molar-refractivity contribution in [2.45, 2.75) is 38.3 Å². The minimum atomic E-state index is -0.0512. The molecule has 2 bridgehead atoms. The lowest BCUT2D eigenvalue weighted by Gasteiger charge is -2.20. The van der Waals surface area contributed by atoms with E-state index in [1.165, 1.54) is 19.3 Å². The summed E-state index contributed by atoms with van der Waals surface area (Å²) >= 11 is 0. The highest BCUT2D eigenvalue weighted by Gasteiger charge is 2.43. The molecule has 1 heterocycles. The van der Waals surface area contributed by atoms with Gasteiger partial charge in [-0.05, 0) is 32.1 Å². The molecule has 68 valence electrons. The molecule has 0 aromatic carbocycles. The first-order valence-electron chi connectivity index (χ1n) is 4.74. The van der Waals surface area contributed by atoms with Crippen LogP contribution in [-0.2, 0) is 9.53 Å². The van der Waals surface area contributed by atoms with Crippen LogP contribution in [0.2, 0.25) is 0 Å². The molecule has 2 aliphatic rings. The average molecular weight is 169 g/mol. The smallest absolute Gasteiger partial charge is 0.323 e. The van der Waals surface area contributed by atoms with Gasteiger partial charge in [-0.1, -0.05) is 0 Å². The summed E-state index contributed by atoms with van der Waals surface area (Å²) in [4.78, 5) is 11.4. The molecule has 0 radical (unpaired) electrons. The highest BCUT2D eigenvalue weighted by Crippen LogP contribution is 2.35. The van der Waals surface area contributed by atoms with Crippen molar-refractivity contribution in [3.8, 4) is 0 Å². The van der Waals surface area contributed by atoms with Crippen LogP contribution >= 0.6 is 0 Å². The number of carbonyl (C=O) groups excluding carboxylic acids is 1. The number of ether oxygens (including phenoxy) is 1. The van der Waals surface area contributed by atoms with Gasteiger partial charge in [0, 0.05) is 6.04 Å². The van der Waals surface area contributed by atoms with Gasteiger partial charge in [0.2, 0.25) is 0 Å². The van der Waals surface area contributed by atoms with Crippen LogP contribution in [0.1, 0.15) is 26.2 Å². The zero-order valence-corrected chi connectivity index (χ0v) is 7.38. The van der Waals surface area contributed by atoms with Crippen LogP contribution in [0.15, 0.2) is 0 Å². The summed E-state index contributed by atoms with van der Waals surface area (Å²) in [6, 6.07) is 0.591. The topological polar surface area (TPSA) is 38.3 Å². The van der Waals surface area contributed by atoms with Crippen LogP contribution in [-0.4, -0.2) is 24.7 Å². The molecule has 0 aromatic rings. The van der Waals surface area contributed by atoms with Crippen molar-refractivity contribution in [3.05, 3.63) is 0 Å². The second-order valence-corrected chi connectivity index (χ2v) is 3.67. The van der Waals surface area contributed by atoms with Crippen molar-refractivity contribution < 1.29 is 9.53 Å². The van der Waals surface area contributed by atoms with Gasteiger partial charge < -0.3 is 10.1 Å². The molecule has 3 heteroatoms. The molecule has 1 saturated heterocycles. The lowest BCUT2D eigenvalue weighted by molar-refractivity contribution is -0.146. The third-order valence-electron chi connectivity index (χ3n) is 2.90. The molecular formula is C9H15NO2. The van der Waals surface area contributed by atoms with Crippen molar-refractivity contribution >= 4 is 5.97 Å². The number of fused-ring (bicyclic) bond motifs is 2. The standard InChI is InChI=1S/C9H15NO2/c1-2-12-9(11)8-6-3-4-7(5-6)10-8/h6-8,10H,2-5H2,1H3/t6?,7?,8-/m0/s1. The third-order valence-corrected chi connectivity index (χ3v) is 2.90. The highest BCUT2D eigenvalue weighted by atomic mass is 16.5. The summed E-state index contributed by atoms with van der Waals surface area (Å²) in [6.45, 7) is 2.35. The average Bonchev–Trinajstić information content (AvgIpc) is 2.64. The zero-order valence-electron chi connectivity index (χ0n) is 7.38. The minimum absolute atomic E-state index is 0.00343. The van der Waals surface area contributed by atoms with E-state index in [0.29, 0.717) is 18.6 Å². The van der Waals surface area contributed by atoms with Gasteiger partial charge in [-0.25, -0.2) is 0 Å². The number of carbonyl (C=O) groups is 1. The number of hydrogen-bond donors (Lipinski definition) is 1. The minimum Gasteiger partial charge on any atom is -0.465 e. The molecule has 3 nitrogen and oxygen atoms in total. The molecule has 2 fully saturated rings. The SMILES string of the molecule is CCOC(=O)[C@H]1NC2CCC1C2. The number of nitrogens with one attached hydrogen (secondary N) is 1. The monoisotopic (exact) mass is 169 g/mol. The highest BCUT2D eigenvalue weighted by molar-refractivity contribution is 5.76. The lowest BCUT2D eigenvalue weighted by atomic mass is 10.0. The van der Waals surface area contributed by atoms with Gasteiger partial charge in [-0.15, -0.1) is 0 Å². The fourth-order valence-electron chi connectivity index (χ4n) is 2.35. The predicted molar refractivity (Wildman–Crippen MR) is 44.7 cm³/mol. The Morgan fingerprint density at radius 3 is 2.92 bits per heavy atom. The van der Waals surface area contributed by atoms with Gasteiger partial charge in [-0.3, -0.25) is 4.79 Å². The molecule has 1 aliphatic carbocycles. The fraction of sp³-hybridized carbons (Fsp3) is 0.889. The van der Waals surface area contributed by atoms with Crippen molar-refractivity contribution in [1.82, 2.24) is 5.32 Å². The van der Waals surface area contributed by atoms with Crippen molar-refractivity contribution in [1.29, 1.82) is 0 Å². The van der Waals surface area contributed by atoms with Crippen LogP contribution in [0.3, 0.4) is 0 Å². The summed E-state index contributed by atoms with van der Waals surface area (Å²) in [5, 5.41) is 3.30. The summed E-state index contributed by atoms with van der Waals surface area (Å²) in [6.07, 6.45) is 3.60. The van der Waals surface area contributed by atoms with Crippen LogP contribution in [0, 0.1) is 5.92 Å². The van der Waals surface area contributed by atoms with E-state index in [4.69, 9.17) is 4.74 Å².